The maximum Gasteiger partial charge on any atom is 0.235 e. The van der Waals surface area contributed by atoms with Gasteiger partial charge in [0.2, 0.25) is 5.95 Å². The van der Waals surface area contributed by atoms with Crippen molar-refractivity contribution >= 4 is 43.5 Å². The molecule has 0 spiro atoms. The van der Waals surface area contributed by atoms with Crippen molar-refractivity contribution in [3.8, 4) is 28.3 Å². The molecule has 0 aliphatic rings. The maximum absolute atomic E-state index is 5.24. The van der Waals surface area contributed by atoms with Gasteiger partial charge in [0.05, 0.1) is 22.2 Å². The highest BCUT2D eigenvalue weighted by Crippen LogP contribution is 2.36. The zero-order valence-electron chi connectivity index (χ0n) is 21.0. The van der Waals surface area contributed by atoms with E-state index in [0.29, 0.717) is 5.95 Å². The Kier molecular flexibility index (Phi) is 4.79. The summed E-state index contributed by atoms with van der Waals surface area (Å²) >= 11 is 0. The third kappa shape index (κ3) is 3.50. The van der Waals surface area contributed by atoms with Gasteiger partial charge in [0.1, 0.15) is 0 Å². The standard InChI is InChI=1S/C35H22N4/c1-2-8-27-22-33-30(21-26(27)7-1)28-9-4-6-12-32(28)39(33)35-37-31-11-5-3-10-29(31)34(38-35)25-15-13-23(14-16-25)24-17-19-36-20-18-24/h1-22H. The molecule has 0 N–H and O–H groups in total. The molecule has 0 radical (unpaired) electrons. The van der Waals surface area contributed by atoms with E-state index in [1.807, 2.05) is 36.7 Å². The second-order valence-electron chi connectivity index (χ2n) is 9.77. The first-order valence-corrected chi connectivity index (χ1v) is 13.0. The van der Waals surface area contributed by atoms with E-state index in [-0.39, 0.29) is 0 Å². The normalized spacial score (nSPS) is 11.6. The second kappa shape index (κ2) is 8.61. The molecule has 0 amide bonds. The quantitative estimate of drug-likeness (QED) is 0.245. The van der Waals surface area contributed by atoms with Crippen LogP contribution in [-0.4, -0.2) is 19.5 Å². The molecule has 3 aromatic heterocycles. The van der Waals surface area contributed by atoms with Gasteiger partial charge in [-0.3, -0.25) is 9.55 Å². The minimum Gasteiger partial charge on any atom is -0.278 e. The van der Waals surface area contributed by atoms with Crippen molar-refractivity contribution < 1.29 is 0 Å². The van der Waals surface area contributed by atoms with Crippen LogP contribution in [0.1, 0.15) is 0 Å². The molecule has 4 nitrogen and oxygen atoms in total. The van der Waals surface area contributed by atoms with Crippen LogP contribution in [0.5, 0.6) is 0 Å². The Hall–Kier alpha value is -5.35. The Balaban J connectivity index is 1.39. The number of para-hydroxylation sites is 2. The van der Waals surface area contributed by atoms with Crippen molar-refractivity contribution in [2.75, 3.05) is 0 Å². The van der Waals surface area contributed by atoms with Crippen LogP contribution in [0, 0.1) is 0 Å². The Morgan fingerprint density at radius 1 is 0.462 bits per heavy atom. The molecule has 39 heavy (non-hydrogen) atoms. The van der Waals surface area contributed by atoms with Gasteiger partial charge in [-0.1, -0.05) is 84.9 Å². The highest BCUT2D eigenvalue weighted by Gasteiger charge is 2.17. The number of rotatable bonds is 3. The molecular formula is C35H22N4. The molecule has 0 unspecified atom stereocenters. The first-order chi connectivity index (χ1) is 19.3. The second-order valence-corrected chi connectivity index (χ2v) is 9.77. The van der Waals surface area contributed by atoms with Crippen molar-refractivity contribution in [3.05, 3.63) is 134 Å². The average Bonchev–Trinajstić information content (AvgIpc) is 3.33. The molecule has 0 atom stereocenters. The zero-order chi connectivity index (χ0) is 25.8. The van der Waals surface area contributed by atoms with Crippen LogP contribution < -0.4 is 0 Å². The van der Waals surface area contributed by atoms with E-state index in [9.17, 15) is 0 Å². The molecule has 3 heterocycles. The number of hydrogen-bond acceptors (Lipinski definition) is 3. The van der Waals surface area contributed by atoms with E-state index in [1.54, 1.807) is 0 Å². The van der Waals surface area contributed by atoms with E-state index >= 15 is 0 Å². The van der Waals surface area contributed by atoms with Crippen LogP contribution in [0.4, 0.5) is 0 Å². The molecule has 0 aliphatic carbocycles. The van der Waals surface area contributed by atoms with Crippen molar-refractivity contribution in [1.29, 1.82) is 0 Å². The van der Waals surface area contributed by atoms with Gasteiger partial charge in [-0.25, -0.2) is 9.97 Å². The topological polar surface area (TPSA) is 43.6 Å². The van der Waals surface area contributed by atoms with E-state index < -0.39 is 0 Å². The predicted octanol–water partition coefficient (Wildman–Crippen LogP) is 8.61. The number of pyridine rings is 1. The van der Waals surface area contributed by atoms with Gasteiger partial charge in [0.25, 0.3) is 0 Å². The summed E-state index contributed by atoms with van der Waals surface area (Å²) in [7, 11) is 0. The van der Waals surface area contributed by atoms with E-state index in [1.165, 1.54) is 21.5 Å². The number of aromatic nitrogens is 4. The third-order valence-corrected chi connectivity index (χ3v) is 7.50. The lowest BCUT2D eigenvalue weighted by molar-refractivity contribution is 1.01. The molecule has 8 rings (SSSR count). The Bertz CT molecular complexity index is 2160. The van der Waals surface area contributed by atoms with Crippen LogP contribution in [0.25, 0.3) is 71.8 Å². The molecular weight excluding hydrogens is 476 g/mol. The van der Waals surface area contributed by atoms with Gasteiger partial charge in [-0.15, -0.1) is 0 Å². The number of benzene rings is 5. The predicted molar refractivity (Wildman–Crippen MR) is 160 cm³/mol. The SMILES string of the molecule is c1ccc2cc3c(cc2c1)c1ccccc1n3-c1nc(-c2ccc(-c3ccncc3)cc2)c2ccccc2n1. The maximum atomic E-state index is 5.24. The van der Waals surface area contributed by atoms with Crippen molar-refractivity contribution in [2.24, 2.45) is 0 Å². The Morgan fingerprint density at radius 3 is 1.92 bits per heavy atom. The van der Waals surface area contributed by atoms with Gasteiger partial charge in [0.15, 0.2) is 0 Å². The van der Waals surface area contributed by atoms with E-state index in [4.69, 9.17) is 9.97 Å². The van der Waals surface area contributed by atoms with Crippen molar-refractivity contribution in [1.82, 2.24) is 19.5 Å². The summed E-state index contributed by atoms with van der Waals surface area (Å²) in [6, 6.07) is 42.4. The molecule has 5 aromatic carbocycles. The number of hydrogen-bond donors (Lipinski definition) is 0. The van der Waals surface area contributed by atoms with E-state index in [0.717, 1.165) is 44.3 Å². The fraction of sp³-hybridized carbons (Fsp3) is 0. The van der Waals surface area contributed by atoms with Gasteiger partial charge in [-0.2, -0.15) is 0 Å². The number of nitrogens with zero attached hydrogens (tertiary/aromatic N) is 4. The monoisotopic (exact) mass is 498 g/mol. The largest absolute Gasteiger partial charge is 0.278 e. The summed E-state index contributed by atoms with van der Waals surface area (Å²) in [6.45, 7) is 0. The molecule has 4 heteroatoms. The third-order valence-electron chi connectivity index (χ3n) is 7.50. The highest BCUT2D eigenvalue weighted by atomic mass is 15.2. The van der Waals surface area contributed by atoms with Crippen molar-refractivity contribution in [3.63, 3.8) is 0 Å². The lowest BCUT2D eigenvalue weighted by atomic mass is 10.0. The lowest BCUT2D eigenvalue weighted by Crippen LogP contribution is -2.03. The van der Waals surface area contributed by atoms with Crippen LogP contribution in [0.3, 0.4) is 0 Å². The minimum absolute atomic E-state index is 0.670. The zero-order valence-corrected chi connectivity index (χ0v) is 21.0. The molecule has 0 fully saturated rings. The molecule has 0 aliphatic heterocycles. The smallest absolute Gasteiger partial charge is 0.235 e. The first kappa shape index (κ1) is 21.7. The summed E-state index contributed by atoms with van der Waals surface area (Å²) in [6.07, 6.45) is 3.64. The fourth-order valence-electron chi connectivity index (χ4n) is 5.62. The molecule has 0 saturated carbocycles. The van der Waals surface area contributed by atoms with Gasteiger partial charge in [0, 0.05) is 34.1 Å². The van der Waals surface area contributed by atoms with Crippen LogP contribution >= 0.6 is 0 Å². The summed E-state index contributed by atoms with van der Waals surface area (Å²) in [5.41, 5.74) is 7.38. The van der Waals surface area contributed by atoms with Gasteiger partial charge >= 0.3 is 0 Å². The van der Waals surface area contributed by atoms with Crippen LogP contribution in [0.2, 0.25) is 0 Å². The highest BCUT2D eigenvalue weighted by molar-refractivity contribution is 6.13. The summed E-state index contributed by atoms with van der Waals surface area (Å²) in [5, 5.41) is 5.84. The summed E-state index contributed by atoms with van der Waals surface area (Å²) < 4.78 is 2.21. The summed E-state index contributed by atoms with van der Waals surface area (Å²) in [4.78, 5) is 14.5. The Morgan fingerprint density at radius 2 is 1.10 bits per heavy atom. The van der Waals surface area contributed by atoms with Crippen LogP contribution in [0.15, 0.2) is 134 Å². The molecule has 8 aromatic rings. The molecule has 182 valence electrons. The van der Waals surface area contributed by atoms with Gasteiger partial charge < -0.3 is 0 Å². The Labute approximate surface area is 224 Å². The van der Waals surface area contributed by atoms with E-state index in [2.05, 4.69) is 107 Å². The molecule has 0 saturated heterocycles. The lowest BCUT2D eigenvalue weighted by Gasteiger charge is -2.12. The summed E-state index contributed by atoms with van der Waals surface area (Å²) in [5.74, 6) is 0.670. The molecule has 0 bridgehead atoms. The first-order valence-electron chi connectivity index (χ1n) is 13.0. The number of fused-ring (bicyclic) bond motifs is 5. The average molecular weight is 499 g/mol. The van der Waals surface area contributed by atoms with Crippen molar-refractivity contribution in [2.45, 2.75) is 0 Å². The fourth-order valence-corrected chi connectivity index (χ4v) is 5.62. The minimum atomic E-state index is 0.670. The van der Waals surface area contributed by atoms with Crippen LogP contribution in [-0.2, 0) is 0 Å². The van der Waals surface area contributed by atoms with Gasteiger partial charge in [-0.05, 0) is 58.3 Å².